The third kappa shape index (κ3) is 5.65. The topological polar surface area (TPSA) is 74.3 Å². The van der Waals surface area contributed by atoms with E-state index in [0.717, 1.165) is 19.6 Å². The number of nitrogens with one attached hydrogen (secondary N) is 2. The van der Waals surface area contributed by atoms with Gasteiger partial charge in [-0.15, -0.1) is 11.3 Å². The van der Waals surface area contributed by atoms with Crippen molar-refractivity contribution in [1.29, 1.82) is 0 Å². The average molecular weight is 427 g/mol. The lowest BCUT2D eigenvalue weighted by Crippen LogP contribution is -2.37. The molecule has 0 bridgehead atoms. The molecule has 0 aliphatic carbocycles. The van der Waals surface area contributed by atoms with Gasteiger partial charge in [0, 0.05) is 24.0 Å². The number of nitrogens with zero attached hydrogens (tertiary/aromatic N) is 2. The van der Waals surface area contributed by atoms with Crippen LogP contribution >= 0.6 is 34.5 Å². The average Bonchev–Trinajstić information content (AvgIpc) is 3.13. The number of hydrogen-bond donors (Lipinski definition) is 2. The molecule has 6 nitrogen and oxygen atoms in total. The van der Waals surface area contributed by atoms with Gasteiger partial charge in [0.15, 0.2) is 5.13 Å². The third-order valence-electron chi connectivity index (χ3n) is 4.30. The SMILES string of the molecule is O=C(Nc1nc(C(=O)NCCN2CCCCC2)cs1)c1ccc(Cl)c(Cl)c1. The van der Waals surface area contributed by atoms with Crippen molar-refractivity contribution in [3.05, 3.63) is 44.9 Å². The number of likely N-dealkylation sites (tertiary alicyclic amines) is 1. The first kappa shape index (κ1) is 20.1. The molecule has 0 saturated carbocycles. The number of carbonyl (C=O) groups excluding carboxylic acids is 2. The number of benzene rings is 1. The number of halogens is 2. The van der Waals surface area contributed by atoms with Gasteiger partial charge in [-0.25, -0.2) is 4.98 Å². The summed E-state index contributed by atoms with van der Waals surface area (Å²) in [5, 5.41) is 8.21. The van der Waals surface area contributed by atoms with E-state index < -0.39 is 0 Å². The van der Waals surface area contributed by atoms with Crippen LogP contribution < -0.4 is 10.6 Å². The van der Waals surface area contributed by atoms with Gasteiger partial charge < -0.3 is 10.2 Å². The van der Waals surface area contributed by atoms with Crippen LogP contribution in [0.2, 0.25) is 10.0 Å². The van der Waals surface area contributed by atoms with Crippen LogP contribution in [0.5, 0.6) is 0 Å². The Kier molecular flexibility index (Phi) is 7.07. The summed E-state index contributed by atoms with van der Waals surface area (Å²) >= 11 is 13.0. The molecule has 1 aliphatic rings. The highest BCUT2D eigenvalue weighted by Gasteiger charge is 2.15. The number of amides is 2. The van der Waals surface area contributed by atoms with Gasteiger partial charge in [-0.3, -0.25) is 14.9 Å². The zero-order chi connectivity index (χ0) is 19.2. The first-order valence-electron chi connectivity index (χ1n) is 8.75. The van der Waals surface area contributed by atoms with Crippen LogP contribution in [0.15, 0.2) is 23.6 Å². The Morgan fingerprint density at radius 1 is 1.11 bits per heavy atom. The smallest absolute Gasteiger partial charge is 0.270 e. The lowest BCUT2D eigenvalue weighted by Gasteiger charge is -2.26. The Labute approximate surface area is 171 Å². The highest BCUT2D eigenvalue weighted by Crippen LogP contribution is 2.23. The Hall–Kier alpha value is -1.67. The number of aromatic nitrogens is 1. The van der Waals surface area contributed by atoms with E-state index in [2.05, 4.69) is 20.5 Å². The molecule has 1 saturated heterocycles. The quantitative estimate of drug-likeness (QED) is 0.733. The van der Waals surface area contributed by atoms with Crippen LogP contribution in [0.3, 0.4) is 0 Å². The minimum absolute atomic E-state index is 0.238. The molecule has 1 aliphatic heterocycles. The van der Waals surface area contributed by atoms with E-state index in [1.165, 1.54) is 36.7 Å². The summed E-state index contributed by atoms with van der Waals surface area (Å²) in [6.45, 7) is 3.62. The maximum atomic E-state index is 12.3. The molecule has 1 fully saturated rings. The van der Waals surface area contributed by atoms with Crippen LogP contribution in [0.1, 0.15) is 40.1 Å². The summed E-state index contributed by atoms with van der Waals surface area (Å²) in [4.78, 5) is 31.0. The molecule has 1 aromatic carbocycles. The molecule has 27 heavy (non-hydrogen) atoms. The Balaban J connectivity index is 1.50. The monoisotopic (exact) mass is 426 g/mol. The number of anilines is 1. The molecule has 3 rings (SSSR count). The zero-order valence-corrected chi connectivity index (χ0v) is 17.0. The Morgan fingerprint density at radius 2 is 1.89 bits per heavy atom. The minimum Gasteiger partial charge on any atom is -0.349 e. The number of hydrogen-bond acceptors (Lipinski definition) is 5. The van der Waals surface area contributed by atoms with E-state index in [-0.39, 0.29) is 11.8 Å². The van der Waals surface area contributed by atoms with E-state index >= 15 is 0 Å². The normalized spacial score (nSPS) is 14.7. The molecule has 0 radical (unpaired) electrons. The van der Waals surface area contributed by atoms with Crippen molar-refractivity contribution in [3.63, 3.8) is 0 Å². The van der Waals surface area contributed by atoms with E-state index in [1.54, 1.807) is 17.5 Å². The lowest BCUT2D eigenvalue weighted by molar-refractivity contribution is 0.0941. The van der Waals surface area contributed by atoms with Crippen molar-refractivity contribution in [3.8, 4) is 0 Å². The van der Waals surface area contributed by atoms with E-state index in [4.69, 9.17) is 23.2 Å². The maximum absolute atomic E-state index is 12.3. The fourth-order valence-corrected chi connectivity index (χ4v) is 3.83. The molecule has 2 amide bonds. The fourth-order valence-electron chi connectivity index (χ4n) is 2.84. The van der Waals surface area contributed by atoms with Crippen molar-refractivity contribution >= 4 is 51.5 Å². The van der Waals surface area contributed by atoms with Crippen LogP contribution in [0, 0.1) is 0 Å². The maximum Gasteiger partial charge on any atom is 0.270 e. The van der Waals surface area contributed by atoms with E-state index in [1.807, 2.05) is 0 Å². The van der Waals surface area contributed by atoms with Gasteiger partial charge in [0.25, 0.3) is 11.8 Å². The molecule has 1 aromatic heterocycles. The molecular weight excluding hydrogens is 407 g/mol. The Morgan fingerprint density at radius 3 is 2.63 bits per heavy atom. The summed E-state index contributed by atoms with van der Waals surface area (Å²) < 4.78 is 0. The van der Waals surface area contributed by atoms with Crippen molar-refractivity contribution in [2.45, 2.75) is 19.3 Å². The summed E-state index contributed by atoms with van der Waals surface area (Å²) in [5.41, 5.74) is 0.662. The highest BCUT2D eigenvalue weighted by atomic mass is 35.5. The van der Waals surface area contributed by atoms with Crippen molar-refractivity contribution < 1.29 is 9.59 Å². The minimum atomic E-state index is -0.361. The largest absolute Gasteiger partial charge is 0.349 e. The van der Waals surface area contributed by atoms with Gasteiger partial charge in [0.2, 0.25) is 0 Å². The van der Waals surface area contributed by atoms with Crippen molar-refractivity contribution in [2.75, 3.05) is 31.5 Å². The number of thiazole rings is 1. The van der Waals surface area contributed by atoms with Gasteiger partial charge in [0.1, 0.15) is 5.69 Å². The zero-order valence-electron chi connectivity index (χ0n) is 14.6. The first-order valence-corrected chi connectivity index (χ1v) is 10.4. The lowest BCUT2D eigenvalue weighted by atomic mass is 10.1. The summed E-state index contributed by atoms with van der Waals surface area (Å²) in [7, 11) is 0. The second kappa shape index (κ2) is 9.50. The standard InChI is InChI=1S/C18H20Cl2N4O2S/c19-13-5-4-12(10-14(13)20)16(25)23-18-22-15(11-27-18)17(26)21-6-9-24-7-2-1-3-8-24/h4-5,10-11H,1-3,6-9H2,(H,21,26)(H,22,23,25). The molecule has 0 atom stereocenters. The predicted molar refractivity (Wildman–Crippen MR) is 109 cm³/mol. The summed E-state index contributed by atoms with van der Waals surface area (Å²) in [6.07, 6.45) is 3.74. The van der Waals surface area contributed by atoms with Crippen LogP contribution in [0.4, 0.5) is 5.13 Å². The summed E-state index contributed by atoms with van der Waals surface area (Å²) in [6, 6.07) is 4.62. The van der Waals surface area contributed by atoms with E-state index in [9.17, 15) is 9.59 Å². The van der Waals surface area contributed by atoms with Gasteiger partial charge in [-0.2, -0.15) is 0 Å². The van der Waals surface area contributed by atoms with Gasteiger partial charge >= 0.3 is 0 Å². The molecule has 2 heterocycles. The van der Waals surface area contributed by atoms with E-state index in [0.29, 0.717) is 33.0 Å². The third-order valence-corrected chi connectivity index (χ3v) is 5.80. The van der Waals surface area contributed by atoms with Crippen molar-refractivity contribution in [2.24, 2.45) is 0 Å². The second-order valence-electron chi connectivity index (χ2n) is 6.28. The number of rotatable bonds is 6. The second-order valence-corrected chi connectivity index (χ2v) is 7.95. The molecule has 2 aromatic rings. The van der Waals surface area contributed by atoms with Crippen LogP contribution in [0.25, 0.3) is 0 Å². The predicted octanol–water partition coefficient (Wildman–Crippen LogP) is 3.92. The molecule has 9 heteroatoms. The molecular formula is C18H20Cl2N4O2S. The van der Waals surface area contributed by atoms with Crippen LogP contribution in [-0.4, -0.2) is 47.9 Å². The van der Waals surface area contributed by atoms with Gasteiger partial charge in [0.05, 0.1) is 10.0 Å². The van der Waals surface area contributed by atoms with Gasteiger partial charge in [-0.05, 0) is 44.1 Å². The number of carbonyl (C=O) groups is 2. The molecule has 0 spiro atoms. The first-order chi connectivity index (χ1) is 13.0. The van der Waals surface area contributed by atoms with Gasteiger partial charge in [-0.1, -0.05) is 29.6 Å². The Bertz CT molecular complexity index is 821. The summed E-state index contributed by atoms with van der Waals surface area (Å²) in [5.74, 6) is -0.599. The molecule has 144 valence electrons. The number of piperidine rings is 1. The molecule has 2 N–H and O–H groups in total. The van der Waals surface area contributed by atoms with Crippen LogP contribution in [-0.2, 0) is 0 Å². The molecule has 0 unspecified atom stereocenters. The highest BCUT2D eigenvalue weighted by molar-refractivity contribution is 7.14. The van der Waals surface area contributed by atoms with Crippen molar-refractivity contribution in [1.82, 2.24) is 15.2 Å². The fraction of sp³-hybridized carbons (Fsp3) is 0.389.